The summed E-state index contributed by atoms with van der Waals surface area (Å²) in [6.45, 7) is 2.53. The highest BCUT2D eigenvalue weighted by molar-refractivity contribution is 5.14. The Labute approximate surface area is 90.8 Å². The zero-order valence-corrected chi connectivity index (χ0v) is 9.06. The minimum Gasteiger partial charge on any atom is -0.395 e. The van der Waals surface area contributed by atoms with E-state index in [1.54, 1.807) is 0 Å². The highest BCUT2D eigenvalue weighted by Crippen LogP contribution is 2.02. The van der Waals surface area contributed by atoms with Crippen molar-refractivity contribution in [1.82, 2.24) is 5.32 Å². The van der Waals surface area contributed by atoms with Crippen molar-refractivity contribution in [2.45, 2.75) is 32.0 Å². The Bertz CT molecular complexity index is 264. The molecule has 0 unspecified atom stereocenters. The molecule has 0 bridgehead atoms. The molecule has 0 aliphatic heterocycles. The van der Waals surface area contributed by atoms with Gasteiger partial charge in [0.25, 0.3) is 0 Å². The number of hydrogen-bond donors (Lipinski definition) is 3. The van der Waals surface area contributed by atoms with Gasteiger partial charge in [0.05, 0.1) is 18.8 Å². The van der Waals surface area contributed by atoms with Crippen molar-refractivity contribution in [1.29, 1.82) is 0 Å². The summed E-state index contributed by atoms with van der Waals surface area (Å²) < 4.78 is 0. The van der Waals surface area contributed by atoms with Crippen molar-refractivity contribution in [3.8, 4) is 0 Å². The average molecular weight is 209 g/mol. The van der Waals surface area contributed by atoms with Crippen molar-refractivity contribution in [2.24, 2.45) is 0 Å². The molecule has 2 atom stereocenters. The number of aliphatic hydroxyl groups is 2. The lowest BCUT2D eigenvalue weighted by atomic mass is 10.1. The first-order valence-electron chi connectivity index (χ1n) is 5.34. The fraction of sp³-hybridized carbons (Fsp3) is 0.500. The van der Waals surface area contributed by atoms with Crippen LogP contribution in [0.4, 0.5) is 0 Å². The Balaban J connectivity index is 2.41. The maximum Gasteiger partial charge on any atom is 0.0713 e. The Hall–Kier alpha value is -0.900. The lowest BCUT2D eigenvalue weighted by Gasteiger charge is -2.21. The quantitative estimate of drug-likeness (QED) is 0.652. The number of nitrogens with one attached hydrogen (secondary N) is 1. The molecule has 0 radical (unpaired) electrons. The van der Waals surface area contributed by atoms with Crippen LogP contribution >= 0.6 is 0 Å². The van der Waals surface area contributed by atoms with E-state index >= 15 is 0 Å². The van der Waals surface area contributed by atoms with Crippen LogP contribution in [0.2, 0.25) is 0 Å². The second-order valence-corrected chi connectivity index (χ2v) is 3.63. The fourth-order valence-electron chi connectivity index (χ4n) is 1.45. The lowest BCUT2D eigenvalue weighted by molar-refractivity contribution is 0.0863. The SMILES string of the molecule is CC[C@@H](O)[C@H](CO)NCc1ccccc1. The van der Waals surface area contributed by atoms with Crippen LogP contribution in [0.25, 0.3) is 0 Å². The third-order valence-corrected chi connectivity index (χ3v) is 2.49. The predicted octanol–water partition coefficient (Wildman–Crippen LogP) is 0.908. The van der Waals surface area contributed by atoms with Gasteiger partial charge in [0.15, 0.2) is 0 Å². The summed E-state index contributed by atoms with van der Waals surface area (Å²) in [5, 5.41) is 21.8. The standard InChI is InChI=1S/C12H19NO2/c1-2-12(15)11(9-14)13-8-10-6-4-3-5-7-10/h3-7,11-15H,2,8-9H2,1H3/t11-,12+/m0/s1. The zero-order chi connectivity index (χ0) is 11.1. The molecule has 1 rings (SSSR count). The first-order chi connectivity index (χ1) is 7.27. The molecule has 0 spiro atoms. The Morgan fingerprint density at radius 1 is 1.27 bits per heavy atom. The minimum absolute atomic E-state index is 0.0398. The summed E-state index contributed by atoms with van der Waals surface area (Å²) >= 11 is 0. The van der Waals surface area contributed by atoms with E-state index < -0.39 is 6.10 Å². The molecular formula is C12H19NO2. The van der Waals surface area contributed by atoms with Gasteiger partial charge in [-0.2, -0.15) is 0 Å². The van der Waals surface area contributed by atoms with Gasteiger partial charge >= 0.3 is 0 Å². The highest BCUT2D eigenvalue weighted by Gasteiger charge is 2.15. The van der Waals surface area contributed by atoms with E-state index in [1.807, 2.05) is 37.3 Å². The van der Waals surface area contributed by atoms with Crippen molar-refractivity contribution in [2.75, 3.05) is 6.61 Å². The molecular weight excluding hydrogens is 190 g/mol. The molecule has 0 fully saturated rings. The van der Waals surface area contributed by atoms with Crippen molar-refractivity contribution in [3.63, 3.8) is 0 Å². The maximum atomic E-state index is 9.57. The summed E-state index contributed by atoms with van der Waals surface area (Å²) in [6.07, 6.45) is 0.159. The number of aliphatic hydroxyl groups excluding tert-OH is 2. The van der Waals surface area contributed by atoms with Gasteiger partial charge in [-0.15, -0.1) is 0 Å². The number of rotatable bonds is 6. The van der Waals surface area contributed by atoms with Crippen LogP contribution in [0.3, 0.4) is 0 Å². The van der Waals surface area contributed by atoms with E-state index in [0.29, 0.717) is 13.0 Å². The second-order valence-electron chi connectivity index (χ2n) is 3.63. The molecule has 0 saturated heterocycles. The van der Waals surface area contributed by atoms with E-state index in [4.69, 9.17) is 5.11 Å². The minimum atomic E-state index is -0.487. The molecule has 0 heterocycles. The van der Waals surface area contributed by atoms with Gasteiger partial charge in [-0.1, -0.05) is 37.3 Å². The molecule has 3 heteroatoms. The van der Waals surface area contributed by atoms with Crippen LogP contribution in [0, 0.1) is 0 Å². The van der Waals surface area contributed by atoms with Gasteiger partial charge < -0.3 is 15.5 Å². The molecule has 0 saturated carbocycles. The Morgan fingerprint density at radius 2 is 1.93 bits per heavy atom. The van der Waals surface area contributed by atoms with E-state index in [-0.39, 0.29) is 12.6 Å². The van der Waals surface area contributed by atoms with Crippen LogP contribution in [-0.4, -0.2) is 29.0 Å². The van der Waals surface area contributed by atoms with Gasteiger partial charge in [0.2, 0.25) is 0 Å². The summed E-state index contributed by atoms with van der Waals surface area (Å²) in [7, 11) is 0. The van der Waals surface area contributed by atoms with E-state index in [9.17, 15) is 5.11 Å². The fourth-order valence-corrected chi connectivity index (χ4v) is 1.45. The van der Waals surface area contributed by atoms with Crippen molar-refractivity contribution >= 4 is 0 Å². The van der Waals surface area contributed by atoms with Crippen molar-refractivity contribution < 1.29 is 10.2 Å². The van der Waals surface area contributed by atoms with Crippen LogP contribution in [0.5, 0.6) is 0 Å². The molecule has 0 aliphatic rings. The average Bonchev–Trinajstić information content (AvgIpc) is 2.31. The van der Waals surface area contributed by atoms with Gasteiger partial charge in [0, 0.05) is 6.54 Å². The highest BCUT2D eigenvalue weighted by atomic mass is 16.3. The maximum absolute atomic E-state index is 9.57. The molecule has 0 aliphatic carbocycles. The van der Waals surface area contributed by atoms with E-state index in [0.717, 1.165) is 5.56 Å². The summed E-state index contributed by atoms with van der Waals surface area (Å²) in [4.78, 5) is 0. The third kappa shape index (κ3) is 4.00. The topological polar surface area (TPSA) is 52.5 Å². The smallest absolute Gasteiger partial charge is 0.0713 e. The largest absolute Gasteiger partial charge is 0.395 e. The monoisotopic (exact) mass is 209 g/mol. The summed E-state index contributed by atoms with van der Waals surface area (Å²) in [6, 6.07) is 9.70. The molecule has 1 aromatic carbocycles. The first kappa shape index (κ1) is 12.2. The van der Waals surface area contributed by atoms with Gasteiger partial charge in [-0.3, -0.25) is 0 Å². The molecule has 3 N–H and O–H groups in total. The molecule has 84 valence electrons. The van der Waals surface area contributed by atoms with E-state index in [2.05, 4.69) is 5.32 Å². The van der Waals surface area contributed by atoms with Gasteiger partial charge in [-0.05, 0) is 12.0 Å². The normalized spacial score (nSPS) is 14.9. The lowest BCUT2D eigenvalue weighted by Crippen LogP contribution is -2.42. The number of benzene rings is 1. The molecule has 0 aromatic heterocycles. The van der Waals surface area contributed by atoms with Crippen molar-refractivity contribution in [3.05, 3.63) is 35.9 Å². The summed E-state index contributed by atoms with van der Waals surface area (Å²) in [5.74, 6) is 0. The van der Waals surface area contributed by atoms with Gasteiger partial charge in [-0.25, -0.2) is 0 Å². The van der Waals surface area contributed by atoms with Crippen LogP contribution in [0.1, 0.15) is 18.9 Å². The predicted molar refractivity (Wildman–Crippen MR) is 60.5 cm³/mol. The van der Waals surface area contributed by atoms with Crippen LogP contribution < -0.4 is 5.32 Å². The Morgan fingerprint density at radius 3 is 2.47 bits per heavy atom. The second kappa shape index (κ2) is 6.56. The van der Waals surface area contributed by atoms with Gasteiger partial charge in [0.1, 0.15) is 0 Å². The summed E-state index contributed by atoms with van der Waals surface area (Å²) in [5.41, 5.74) is 1.15. The first-order valence-corrected chi connectivity index (χ1v) is 5.34. The molecule has 0 amide bonds. The van der Waals surface area contributed by atoms with Crippen LogP contribution in [0.15, 0.2) is 30.3 Å². The third-order valence-electron chi connectivity index (χ3n) is 2.49. The number of hydrogen-bond acceptors (Lipinski definition) is 3. The zero-order valence-electron chi connectivity index (χ0n) is 9.06. The van der Waals surface area contributed by atoms with Crippen LogP contribution in [-0.2, 0) is 6.54 Å². The van der Waals surface area contributed by atoms with E-state index in [1.165, 1.54) is 0 Å². The molecule has 1 aromatic rings. The Kier molecular flexibility index (Phi) is 5.32. The molecule has 3 nitrogen and oxygen atoms in total. The molecule has 15 heavy (non-hydrogen) atoms.